The molecule has 0 amide bonds. The van der Waals surface area contributed by atoms with Gasteiger partial charge in [-0.15, -0.1) is 0 Å². The lowest BCUT2D eigenvalue weighted by Crippen LogP contribution is -2.38. The van der Waals surface area contributed by atoms with Crippen LogP contribution in [0.15, 0.2) is 35.3 Å². The molecule has 0 radical (unpaired) electrons. The second kappa shape index (κ2) is 12.4. The average Bonchev–Trinajstić information content (AvgIpc) is 3.37. The summed E-state index contributed by atoms with van der Waals surface area (Å²) in [6, 6.07) is 4.63. The van der Waals surface area contributed by atoms with E-state index >= 15 is 0 Å². The van der Waals surface area contributed by atoms with Gasteiger partial charge in [-0.2, -0.15) is 31.4 Å². The fraction of sp³-hybridized carbons (Fsp3) is 0.526. The van der Waals surface area contributed by atoms with Crippen LogP contribution in [0.25, 0.3) is 0 Å². The van der Waals surface area contributed by atoms with Gasteiger partial charge >= 0.3 is 24.3 Å². The first-order valence-corrected chi connectivity index (χ1v) is 9.62. The zero-order valence-corrected chi connectivity index (χ0v) is 18.2. The summed E-state index contributed by atoms with van der Waals surface area (Å²) < 4.78 is 70.8. The van der Waals surface area contributed by atoms with Gasteiger partial charge in [0.25, 0.3) is 0 Å². The van der Waals surface area contributed by atoms with Crippen molar-refractivity contribution in [2.75, 3.05) is 27.2 Å². The molecule has 3 heterocycles. The molecule has 0 fully saturated rings. The molecular weight excluding hydrogens is 478 g/mol. The molecule has 0 aliphatic carbocycles. The van der Waals surface area contributed by atoms with Crippen LogP contribution in [0.1, 0.15) is 23.7 Å². The number of alkyl halides is 6. The Kier molecular flexibility index (Phi) is 10.6. The SMILES string of the molecule is CN(C)CCC1CN(Cc2ccoc2)Cc2ccnn21.O=C(O)C(F)(F)F.O=C(O)C(F)(F)F. The summed E-state index contributed by atoms with van der Waals surface area (Å²) in [5.41, 5.74) is 2.55. The number of hydrogen-bond donors (Lipinski definition) is 2. The zero-order valence-electron chi connectivity index (χ0n) is 18.2. The van der Waals surface area contributed by atoms with Crippen molar-refractivity contribution in [3.05, 3.63) is 42.1 Å². The Hall–Kier alpha value is -3.07. The van der Waals surface area contributed by atoms with Gasteiger partial charge in [0.2, 0.25) is 0 Å². The van der Waals surface area contributed by atoms with Crippen LogP contribution in [0.5, 0.6) is 0 Å². The van der Waals surface area contributed by atoms with Crippen molar-refractivity contribution in [2.24, 2.45) is 0 Å². The molecule has 0 aromatic carbocycles. The summed E-state index contributed by atoms with van der Waals surface area (Å²) in [5, 5.41) is 18.8. The predicted octanol–water partition coefficient (Wildman–Crippen LogP) is 3.25. The molecule has 1 aliphatic rings. The Morgan fingerprint density at radius 1 is 1.12 bits per heavy atom. The van der Waals surface area contributed by atoms with E-state index in [0.717, 1.165) is 32.6 Å². The van der Waals surface area contributed by atoms with Crippen molar-refractivity contribution in [1.82, 2.24) is 19.6 Å². The number of fused-ring (bicyclic) bond motifs is 1. The number of halogens is 6. The van der Waals surface area contributed by atoms with Gasteiger partial charge < -0.3 is 19.5 Å². The summed E-state index contributed by atoms with van der Waals surface area (Å²) in [6.07, 6.45) is -3.54. The Morgan fingerprint density at radius 2 is 1.68 bits per heavy atom. The fourth-order valence-corrected chi connectivity index (χ4v) is 2.85. The maximum atomic E-state index is 10.6. The molecule has 1 aliphatic heterocycles. The number of furan rings is 1. The third kappa shape index (κ3) is 10.2. The van der Waals surface area contributed by atoms with Crippen molar-refractivity contribution in [1.29, 1.82) is 0 Å². The van der Waals surface area contributed by atoms with E-state index < -0.39 is 24.3 Å². The fourth-order valence-electron chi connectivity index (χ4n) is 2.85. The minimum atomic E-state index is -5.08. The Morgan fingerprint density at radius 3 is 2.12 bits per heavy atom. The van der Waals surface area contributed by atoms with Gasteiger partial charge in [-0.05, 0) is 39.2 Å². The van der Waals surface area contributed by atoms with Crippen LogP contribution < -0.4 is 0 Å². The highest BCUT2D eigenvalue weighted by Gasteiger charge is 2.38. The third-order valence-electron chi connectivity index (χ3n) is 4.33. The van der Waals surface area contributed by atoms with Crippen LogP contribution in [-0.4, -0.2) is 81.3 Å². The zero-order chi connectivity index (χ0) is 26.1. The van der Waals surface area contributed by atoms with Gasteiger partial charge in [0, 0.05) is 31.4 Å². The molecule has 34 heavy (non-hydrogen) atoms. The standard InChI is InChI=1S/C15H22N4O.2C2HF3O2/c1-17(2)7-4-15-11-18(9-13-5-8-20-12-13)10-14-3-6-16-19(14)15;2*3-2(4,5)1(6)7/h3,5-6,8,12,15H,4,7,9-11H2,1-2H3;2*(H,6,7). The van der Waals surface area contributed by atoms with Crippen molar-refractivity contribution in [3.63, 3.8) is 0 Å². The van der Waals surface area contributed by atoms with Crippen molar-refractivity contribution in [2.45, 2.75) is 37.9 Å². The van der Waals surface area contributed by atoms with E-state index in [9.17, 15) is 26.3 Å². The van der Waals surface area contributed by atoms with Gasteiger partial charge in [-0.25, -0.2) is 9.59 Å². The van der Waals surface area contributed by atoms with Crippen LogP contribution in [0.4, 0.5) is 26.3 Å². The van der Waals surface area contributed by atoms with E-state index in [1.165, 1.54) is 11.3 Å². The molecule has 9 nitrogen and oxygen atoms in total. The number of carbonyl (C=O) groups is 2. The van der Waals surface area contributed by atoms with Gasteiger partial charge in [0.1, 0.15) is 0 Å². The highest BCUT2D eigenvalue weighted by atomic mass is 19.4. The van der Waals surface area contributed by atoms with Gasteiger partial charge in [0.05, 0.1) is 24.3 Å². The molecule has 2 aromatic heterocycles. The highest BCUT2D eigenvalue weighted by molar-refractivity contribution is 5.73. The summed E-state index contributed by atoms with van der Waals surface area (Å²) in [5.74, 6) is -5.51. The monoisotopic (exact) mass is 502 g/mol. The first-order valence-electron chi connectivity index (χ1n) is 9.62. The average molecular weight is 502 g/mol. The van der Waals surface area contributed by atoms with Crippen LogP contribution in [0.2, 0.25) is 0 Å². The second-order valence-electron chi connectivity index (χ2n) is 7.42. The van der Waals surface area contributed by atoms with E-state index in [-0.39, 0.29) is 0 Å². The Bertz CT molecular complexity index is 872. The molecular formula is C19H24F6N4O5. The summed E-state index contributed by atoms with van der Waals surface area (Å²) in [7, 11) is 4.24. The van der Waals surface area contributed by atoms with Crippen LogP contribution in [-0.2, 0) is 22.7 Å². The van der Waals surface area contributed by atoms with Gasteiger partial charge in [-0.1, -0.05) is 0 Å². The number of rotatable bonds is 5. The summed E-state index contributed by atoms with van der Waals surface area (Å²) in [4.78, 5) is 22.5. The molecule has 2 aromatic rings. The van der Waals surface area contributed by atoms with E-state index in [4.69, 9.17) is 24.2 Å². The highest BCUT2D eigenvalue weighted by Crippen LogP contribution is 2.24. The molecule has 2 N–H and O–H groups in total. The normalized spacial score (nSPS) is 16.1. The van der Waals surface area contributed by atoms with Crippen LogP contribution in [0, 0.1) is 0 Å². The molecule has 0 saturated heterocycles. The smallest absolute Gasteiger partial charge is 0.475 e. The number of hydrogen-bond acceptors (Lipinski definition) is 6. The first kappa shape index (κ1) is 29.0. The van der Waals surface area contributed by atoms with E-state index in [1.54, 1.807) is 6.26 Å². The van der Waals surface area contributed by atoms with E-state index in [2.05, 4.69) is 39.7 Å². The van der Waals surface area contributed by atoms with Crippen molar-refractivity contribution >= 4 is 11.9 Å². The molecule has 0 saturated carbocycles. The molecule has 3 rings (SSSR count). The van der Waals surface area contributed by atoms with Crippen molar-refractivity contribution < 1.29 is 50.6 Å². The lowest BCUT2D eigenvalue weighted by molar-refractivity contribution is -0.193. The van der Waals surface area contributed by atoms with Crippen LogP contribution >= 0.6 is 0 Å². The topological polar surface area (TPSA) is 112 Å². The Labute approximate surface area is 190 Å². The van der Waals surface area contributed by atoms with Gasteiger partial charge in [0.15, 0.2) is 0 Å². The predicted molar refractivity (Wildman–Crippen MR) is 105 cm³/mol. The second-order valence-corrected chi connectivity index (χ2v) is 7.42. The number of aliphatic carboxylic acids is 2. The van der Waals surface area contributed by atoms with Crippen LogP contribution in [0.3, 0.4) is 0 Å². The number of aromatic nitrogens is 2. The molecule has 1 unspecified atom stereocenters. The lowest BCUT2D eigenvalue weighted by Gasteiger charge is -2.34. The lowest BCUT2D eigenvalue weighted by atomic mass is 10.1. The summed E-state index contributed by atoms with van der Waals surface area (Å²) >= 11 is 0. The van der Waals surface area contributed by atoms with E-state index in [1.807, 2.05) is 18.5 Å². The minimum absolute atomic E-state index is 0.461. The summed E-state index contributed by atoms with van der Waals surface area (Å²) in [6.45, 7) is 4.04. The van der Waals surface area contributed by atoms with E-state index in [0.29, 0.717) is 6.04 Å². The molecule has 1 atom stereocenters. The molecule has 15 heteroatoms. The minimum Gasteiger partial charge on any atom is -0.475 e. The maximum Gasteiger partial charge on any atom is 0.490 e. The number of nitrogens with zero attached hydrogens (tertiary/aromatic N) is 4. The quantitative estimate of drug-likeness (QED) is 0.600. The number of carboxylic acid groups (broad SMARTS) is 2. The third-order valence-corrected chi connectivity index (χ3v) is 4.33. The molecule has 0 bridgehead atoms. The number of carboxylic acids is 2. The first-order chi connectivity index (χ1) is 15.6. The molecule has 192 valence electrons. The maximum absolute atomic E-state index is 10.6. The molecule has 0 spiro atoms. The largest absolute Gasteiger partial charge is 0.490 e. The Balaban J connectivity index is 0.000000343. The van der Waals surface area contributed by atoms with Crippen molar-refractivity contribution in [3.8, 4) is 0 Å². The van der Waals surface area contributed by atoms with Gasteiger partial charge in [-0.3, -0.25) is 9.58 Å².